The molecular formula is C10H7Cl2N3. The number of aromatic nitrogens is 2. The average molecular weight is 240 g/mol. The van der Waals surface area contributed by atoms with Crippen LogP contribution in [-0.2, 0) is 0 Å². The van der Waals surface area contributed by atoms with E-state index in [-0.39, 0.29) is 0 Å². The van der Waals surface area contributed by atoms with Gasteiger partial charge >= 0.3 is 0 Å². The summed E-state index contributed by atoms with van der Waals surface area (Å²) in [6.07, 6.45) is 1.62. The molecule has 2 aromatic heterocycles. The third kappa shape index (κ3) is 2.03. The van der Waals surface area contributed by atoms with Crippen LogP contribution >= 0.6 is 23.2 Å². The van der Waals surface area contributed by atoms with E-state index in [1.807, 2.05) is 6.07 Å². The van der Waals surface area contributed by atoms with Crippen LogP contribution in [0.2, 0.25) is 10.3 Å². The lowest BCUT2D eigenvalue weighted by molar-refractivity contribution is 1.30. The summed E-state index contributed by atoms with van der Waals surface area (Å²) in [5.74, 6) is 0.420. The van der Waals surface area contributed by atoms with E-state index in [2.05, 4.69) is 9.97 Å². The van der Waals surface area contributed by atoms with Crippen LogP contribution in [0.4, 0.5) is 5.82 Å². The van der Waals surface area contributed by atoms with E-state index in [4.69, 9.17) is 28.9 Å². The van der Waals surface area contributed by atoms with Crippen LogP contribution in [0.25, 0.3) is 11.1 Å². The highest BCUT2D eigenvalue weighted by molar-refractivity contribution is 6.34. The van der Waals surface area contributed by atoms with Crippen molar-refractivity contribution < 1.29 is 0 Å². The highest BCUT2D eigenvalue weighted by Crippen LogP contribution is 2.30. The van der Waals surface area contributed by atoms with E-state index in [9.17, 15) is 0 Å². The van der Waals surface area contributed by atoms with Gasteiger partial charge in [-0.2, -0.15) is 0 Å². The first-order chi connectivity index (χ1) is 7.18. The highest BCUT2D eigenvalue weighted by Gasteiger charge is 2.08. The lowest BCUT2D eigenvalue weighted by Crippen LogP contribution is -1.94. The summed E-state index contributed by atoms with van der Waals surface area (Å²) in [4.78, 5) is 7.92. The van der Waals surface area contributed by atoms with Crippen LogP contribution in [0.1, 0.15) is 0 Å². The van der Waals surface area contributed by atoms with E-state index in [0.29, 0.717) is 16.1 Å². The number of nitrogens with two attached hydrogens (primary N) is 1. The fourth-order valence-electron chi connectivity index (χ4n) is 1.26. The van der Waals surface area contributed by atoms with Gasteiger partial charge in [-0.15, -0.1) is 0 Å². The Morgan fingerprint density at radius 2 is 1.87 bits per heavy atom. The SMILES string of the molecule is Nc1ncccc1-c1ccc(Cl)nc1Cl. The van der Waals surface area contributed by atoms with Gasteiger partial charge in [0.15, 0.2) is 0 Å². The maximum Gasteiger partial charge on any atom is 0.138 e. The Labute approximate surface area is 96.9 Å². The number of nitrogens with zero attached hydrogens (tertiary/aromatic N) is 2. The zero-order chi connectivity index (χ0) is 10.8. The van der Waals surface area contributed by atoms with Crippen molar-refractivity contribution in [2.75, 3.05) is 5.73 Å². The molecule has 0 saturated carbocycles. The molecule has 0 radical (unpaired) electrons. The second kappa shape index (κ2) is 4.04. The standard InChI is InChI=1S/C10H7Cl2N3/c11-8-4-3-6(9(12)15-8)7-2-1-5-14-10(7)13/h1-5H,(H2,13,14). The van der Waals surface area contributed by atoms with Gasteiger partial charge in [-0.3, -0.25) is 0 Å². The fourth-order valence-corrected chi connectivity index (χ4v) is 1.70. The molecule has 0 aromatic carbocycles. The average Bonchev–Trinajstić information content (AvgIpc) is 2.20. The maximum atomic E-state index is 5.96. The minimum atomic E-state index is 0.321. The van der Waals surface area contributed by atoms with Crippen molar-refractivity contribution in [1.29, 1.82) is 0 Å². The molecular weight excluding hydrogens is 233 g/mol. The molecule has 0 spiro atoms. The van der Waals surface area contributed by atoms with Crippen LogP contribution in [0.5, 0.6) is 0 Å². The smallest absolute Gasteiger partial charge is 0.138 e. The first-order valence-electron chi connectivity index (χ1n) is 4.21. The molecule has 0 unspecified atom stereocenters. The number of nitrogen functional groups attached to an aromatic ring is 1. The fraction of sp³-hybridized carbons (Fsp3) is 0. The van der Waals surface area contributed by atoms with Gasteiger partial charge < -0.3 is 5.73 Å². The lowest BCUT2D eigenvalue weighted by Gasteiger charge is -2.05. The molecule has 2 aromatic rings. The number of halogens is 2. The zero-order valence-electron chi connectivity index (χ0n) is 7.61. The van der Waals surface area contributed by atoms with Crippen LogP contribution in [-0.4, -0.2) is 9.97 Å². The predicted octanol–water partition coefficient (Wildman–Crippen LogP) is 3.03. The van der Waals surface area contributed by atoms with Crippen LogP contribution in [0.15, 0.2) is 30.5 Å². The van der Waals surface area contributed by atoms with E-state index in [1.165, 1.54) is 0 Å². The van der Waals surface area contributed by atoms with Crippen LogP contribution in [0.3, 0.4) is 0 Å². The highest BCUT2D eigenvalue weighted by atomic mass is 35.5. The van der Waals surface area contributed by atoms with Gasteiger partial charge in [0.1, 0.15) is 16.1 Å². The summed E-state index contributed by atoms with van der Waals surface area (Å²) in [5, 5.41) is 0.674. The van der Waals surface area contributed by atoms with Crippen molar-refractivity contribution in [3.05, 3.63) is 40.8 Å². The monoisotopic (exact) mass is 239 g/mol. The van der Waals surface area contributed by atoms with E-state index in [0.717, 1.165) is 11.1 Å². The Hall–Kier alpha value is -1.32. The third-order valence-electron chi connectivity index (χ3n) is 1.94. The summed E-state index contributed by atoms with van der Waals surface area (Å²) in [7, 11) is 0. The normalized spacial score (nSPS) is 10.3. The molecule has 0 aliphatic carbocycles. The molecule has 5 heteroatoms. The summed E-state index contributed by atoms with van der Waals surface area (Å²) >= 11 is 11.7. The number of pyridine rings is 2. The second-order valence-corrected chi connectivity index (χ2v) is 3.65. The lowest BCUT2D eigenvalue weighted by atomic mass is 10.1. The molecule has 0 atom stereocenters. The first kappa shape index (κ1) is 10.2. The van der Waals surface area contributed by atoms with Crippen molar-refractivity contribution in [3.8, 4) is 11.1 Å². The molecule has 0 fully saturated rings. The Bertz CT molecular complexity index is 500. The van der Waals surface area contributed by atoms with E-state index < -0.39 is 0 Å². The topological polar surface area (TPSA) is 51.8 Å². The Morgan fingerprint density at radius 1 is 1.07 bits per heavy atom. The number of rotatable bonds is 1. The summed E-state index contributed by atoms with van der Waals surface area (Å²) in [5.41, 5.74) is 7.21. The summed E-state index contributed by atoms with van der Waals surface area (Å²) in [6.45, 7) is 0. The van der Waals surface area contributed by atoms with Crippen LogP contribution < -0.4 is 5.73 Å². The van der Waals surface area contributed by atoms with Gasteiger partial charge in [-0.05, 0) is 24.3 Å². The van der Waals surface area contributed by atoms with Gasteiger partial charge in [0, 0.05) is 17.3 Å². The maximum absolute atomic E-state index is 5.96. The molecule has 2 heterocycles. The predicted molar refractivity (Wildman–Crippen MR) is 61.9 cm³/mol. The minimum absolute atomic E-state index is 0.321. The van der Waals surface area contributed by atoms with Gasteiger partial charge in [-0.25, -0.2) is 9.97 Å². The molecule has 2 rings (SSSR count). The van der Waals surface area contributed by atoms with Crippen molar-refractivity contribution in [3.63, 3.8) is 0 Å². The van der Waals surface area contributed by atoms with Crippen LogP contribution in [0, 0.1) is 0 Å². The van der Waals surface area contributed by atoms with Crippen molar-refractivity contribution >= 4 is 29.0 Å². The zero-order valence-corrected chi connectivity index (χ0v) is 9.13. The number of hydrogen-bond donors (Lipinski definition) is 1. The minimum Gasteiger partial charge on any atom is -0.383 e. The quantitative estimate of drug-likeness (QED) is 0.779. The summed E-state index contributed by atoms with van der Waals surface area (Å²) in [6, 6.07) is 7.05. The number of anilines is 1. The van der Waals surface area contributed by atoms with Gasteiger partial charge in [0.2, 0.25) is 0 Å². The van der Waals surface area contributed by atoms with Crippen molar-refractivity contribution in [2.24, 2.45) is 0 Å². The van der Waals surface area contributed by atoms with Gasteiger partial charge in [-0.1, -0.05) is 23.2 Å². The van der Waals surface area contributed by atoms with Gasteiger partial charge in [0.05, 0.1) is 0 Å². The van der Waals surface area contributed by atoms with Gasteiger partial charge in [0.25, 0.3) is 0 Å². The molecule has 0 saturated heterocycles. The summed E-state index contributed by atoms with van der Waals surface area (Å²) < 4.78 is 0. The van der Waals surface area contributed by atoms with Crippen molar-refractivity contribution in [2.45, 2.75) is 0 Å². The molecule has 0 aliphatic heterocycles. The molecule has 0 bridgehead atoms. The largest absolute Gasteiger partial charge is 0.383 e. The molecule has 15 heavy (non-hydrogen) atoms. The first-order valence-corrected chi connectivity index (χ1v) is 4.97. The molecule has 2 N–H and O–H groups in total. The molecule has 76 valence electrons. The third-order valence-corrected chi connectivity index (χ3v) is 2.44. The van der Waals surface area contributed by atoms with E-state index >= 15 is 0 Å². The molecule has 0 amide bonds. The number of hydrogen-bond acceptors (Lipinski definition) is 3. The molecule has 3 nitrogen and oxygen atoms in total. The Morgan fingerprint density at radius 3 is 2.53 bits per heavy atom. The Balaban J connectivity index is 2.60. The van der Waals surface area contributed by atoms with Crippen molar-refractivity contribution in [1.82, 2.24) is 9.97 Å². The Kier molecular flexibility index (Phi) is 2.75. The molecule has 0 aliphatic rings. The van der Waals surface area contributed by atoms with E-state index in [1.54, 1.807) is 24.4 Å². The second-order valence-electron chi connectivity index (χ2n) is 2.91.